The summed E-state index contributed by atoms with van der Waals surface area (Å²) in [5.74, 6) is 0.819. The second-order valence-corrected chi connectivity index (χ2v) is 6.84. The largest absolute Gasteiger partial charge is 0.356 e. The Morgan fingerprint density at radius 3 is 2.81 bits per heavy atom. The summed E-state index contributed by atoms with van der Waals surface area (Å²) in [5.41, 5.74) is 3.08. The third kappa shape index (κ3) is 4.48. The van der Waals surface area contributed by atoms with Crippen molar-refractivity contribution >= 4 is 34.8 Å². The lowest BCUT2D eigenvalue weighted by molar-refractivity contribution is 0.477. The van der Waals surface area contributed by atoms with E-state index in [0.717, 1.165) is 35.8 Å². The van der Waals surface area contributed by atoms with Crippen LogP contribution in [0, 0.1) is 0 Å². The van der Waals surface area contributed by atoms with E-state index in [2.05, 4.69) is 21.5 Å². The Labute approximate surface area is 163 Å². The molecule has 2 heterocycles. The molecule has 7 heteroatoms. The lowest BCUT2D eigenvalue weighted by atomic mass is 10.2. The Balaban J connectivity index is 1.55. The summed E-state index contributed by atoms with van der Waals surface area (Å²) in [6, 6.07) is 11.6. The summed E-state index contributed by atoms with van der Waals surface area (Å²) in [5, 5.41) is 4.50. The predicted octanol–water partition coefficient (Wildman–Crippen LogP) is 3.89. The third-order valence-electron chi connectivity index (χ3n) is 4.06. The second kappa shape index (κ2) is 8.43. The van der Waals surface area contributed by atoms with Gasteiger partial charge >= 0.3 is 0 Å². The highest BCUT2D eigenvalue weighted by Crippen LogP contribution is 2.23. The Morgan fingerprint density at radius 2 is 2.08 bits per heavy atom. The van der Waals surface area contributed by atoms with Gasteiger partial charge < -0.3 is 14.6 Å². The first-order valence-electron chi connectivity index (χ1n) is 8.35. The summed E-state index contributed by atoms with van der Waals surface area (Å²) >= 11 is 12.1. The zero-order valence-electron chi connectivity index (χ0n) is 14.8. The molecule has 0 aliphatic heterocycles. The topological polar surface area (TPSA) is 44.9 Å². The number of aliphatic imine (C=N–C) groups is 1. The minimum absolute atomic E-state index is 0.562. The van der Waals surface area contributed by atoms with E-state index in [-0.39, 0.29) is 0 Å². The molecule has 5 nitrogen and oxygen atoms in total. The molecule has 0 atom stereocenters. The average molecular weight is 390 g/mol. The zero-order chi connectivity index (χ0) is 18.5. The van der Waals surface area contributed by atoms with Gasteiger partial charge in [0.15, 0.2) is 5.96 Å². The molecular formula is C19H21Cl2N5. The van der Waals surface area contributed by atoms with Crippen LogP contribution in [0.4, 0.5) is 0 Å². The Morgan fingerprint density at radius 1 is 1.23 bits per heavy atom. The lowest BCUT2D eigenvalue weighted by Gasteiger charge is -2.22. The fourth-order valence-corrected chi connectivity index (χ4v) is 3.10. The number of nitrogens with zero attached hydrogens (tertiary/aromatic N) is 4. The number of hydrogen-bond donors (Lipinski definition) is 1. The molecule has 0 amide bonds. The Hall–Kier alpha value is -2.24. The minimum Gasteiger partial charge on any atom is -0.356 e. The van der Waals surface area contributed by atoms with Gasteiger partial charge in [0.25, 0.3) is 0 Å². The number of pyridine rings is 1. The summed E-state index contributed by atoms with van der Waals surface area (Å²) in [4.78, 5) is 11.0. The average Bonchev–Trinajstić information content (AvgIpc) is 3.04. The van der Waals surface area contributed by atoms with Crippen LogP contribution in [0.15, 0.2) is 53.8 Å². The van der Waals surface area contributed by atoms with Gasteiger partial charge in [0.1, 0.15) is 5.65 Å². The number of imidazole rings is 1. The van der Waals surface area contributed by atoms with Crippen LogP contribution in [0.1, 0.15) is 11.3 Å². The molecule has 0 bridgehead atoms. The molecular weight excluding hydrogens is 369 g/mol. The van der Waals surface area contributed by atoms with Crippen molar-refractivity contribution in [3.63, 3.8) is 0 Å². The van der Waals surface area contributed by atoms with Crippen molar-refractivity contribution in [3.05, 3.63) is 70.1 Å². The molecule has 0 fully saturated rings. The molecule has 1 aromatic carbocycles. The number of nitrogens with one attached hydrogen (secondary N) is 1. The summed E-state index contributed by atoms with van der Waals surface area (Å²) in [6.45, 7) is 1.44. The van der Waals surface area contributed by atoms with Gasteiger partial charge in [-0.25, -0.2) is 4.98 Å². The van der Waals surface area contributed by atoms with Crippen LogP contribution in [0.2, 0.25) is 10.0 Å². The summed E-state index contributed by atoms with van der Waals surface area (Å²) < 4.78 is 2.03. The molecule has 136 valence electrons. The van der Waals surface area contributed by atoms with Crippen LogP contribution in [0.3, 0.4) is 0 Å². The van der Waals surface area contributed by atoms with Gasteiger partial charge in [-0.05, 0) is 29.8 Å². The van der Waals surface area contributed by atoms with Gasteiger partial charge in [0.2, 0.25) is 0 Å². The molecule has 0 radical (unpaired) electrons. The maximum atomic E-state index is 6.09. The first kappa shape index (κ1) is 18.5. The number of rotatable bonds is 5. The molecule has 3 aromatic rings. The molecule has 2 aromatic heterocycles. The smallest absolute Gasteiger partial charge is 0.193 e. The second-order valence-electron chi connectivity index (χ2n) is 6.03. The first-order chi connectivity index (χ1) is 12.6. The van der Waals surface area contributed by atoms with Crippen LogP contribution in [-0.2, 0) is 13.0 Å². The molecule has 0 aliphatic rings. The maximum Gasteiger partial charge on any atom is 0.193 e. The van der Waals surface area contributed by atoms with Gasteiger partial charge in [-0.1, -0.05) is 35.3 Å². The van der Waals surface area contributed by atoms with Gasteiger partial charge in [-0.15, -0.1) is 0 Å². The highest BCUT2D eigenvalue weighted by Gasteiger charge is 2.08. The van der Waals surface area contributed by atoms with E-state index in [9.17, 15) is 0 Å². The molecule has 0 saturated heterocycles. The van der Waals surface area contributed by atoms with Crippen LogP contribution in [-0.4, -0.2) is 40.9 Å². The molecule has 0 spiro atoms. The molecule has 0 saturated carbocycles. The summed E-state index contributed by atoms with van der Waals surface area (Å²) in [7, 11) is 3.77. The number of benzene rings is 1. The highest BCUT2D eigenvalue weighted by molar-refractivity contribution is 6.42. The number of hydrogen-bond acceptors (Lipinski definition) is 2. The van der Waals surface area contributed by atoms with E-state index in [0.29, 0.717) is 16.6 Å². The fourth-order valence-electron chi connectivity index (χ4n) is 2.78. The van der Waals surface area contributed by atoms with Crippen LogP contribution in [0.25, 0.3) is 5.65 Å². The Kier molecular flexibility index (Phi) is 6.01. The van der Waals surface area contributed by atoms with Crippen molar-refractivity contribution in [2.24, 2.45) is 4.99 Å². The fraction of sp³-hybridized carbons (Fsp3) is 0.263. The van der Waals surface area contributed by atoms with E-state index in [4.69, 9.17) is 23.2 Å². The van der Waals surface area contributed by atoms with E-state index in [1.807, 2.05) is 58.9 Å². The first-order valence-corrected chi connectivity index (χ1v) is 9.11. The van der Waals surface area contributed by atoms with Gasteiger partial charge in [0, 0.05) is 46.0 Å². The van der Waals surface area contributed by atoms with E-state index >= 15 is 0 Å². The van der Waals surface area contributed by atoms with Crippen LogP contribution in [0.5, 0.6) is 0 Å². The van der Waals surface area contributed by atoms with Crippen molar-refractivity contribution in [1.82, 2.24) is 19.6 Å². The van der Waals surface area contributed by atoms with E-state index < -0.39 is 0 Å². The predicted molar refractivity (Wildman–Crippen MR) is 108 cm³/mol. The number of guanidine groups is 1. The van der Waals surface area contributed by atoms with Crippen molar-refractivity contribution < 1.29 is 0 Å². The molecule has 3 rings (SSSR count). The maximum absolute atomic E-state index is 6.09. The quantitative estimate of drug-likeness (QED) is 0.531. The van der Waals surface area contributed by atoms with Gasteiger partial charge in [-0.2, -0.15) is 0 Å². The van der Waals surface area contributed by atoms with Gasteiger partial charge in [-0.3, -0.25) is 4.99 Å². The summed E-state index contributed by atoms with van der Waals surface area (Å²) in [6.07, 6.45) is 4.88. The molecule has 1 N–H and O–H groups in total. The highest BCUT2D eigenvalue weighted by atomic mass is 35.5. The lowest BCUT2D eigenvalue weighted by Crippen LogP contribution is -2.39. The van der Waals surface area contributed by atoms with Crippen molar-refractivity contribution in [2.45, 2.75) is 13.0 Å². The van der Waals surface area contributed by atoms with Crippen molar-refractivity contribution in [2.75, 3.05) is 20.6 Å². The molecule has 26 heavy (non-hydrogen) atoms. The zero-order valence-corrected chi connectivity index (χ0v) is 16.3. The normalized spacial score (nSPS) is 11.8. The third-order valence-corrected chi connectivity index (χ3v) is 4.79. The van der Waals surface area contributed by atoms with Gasteiger partial charge in [0.05, 0.1) is 15.7 Å². The number of aromatic nitrogens is 2. The van der Waals surface area contributed by atoms with Crippen LogP contribution >= 0.6 is 23.2 Å². The van der Waals surface area contributed by atoms with Crippen LogP contribution < -0.4 is 5.32 Å². The minimum atomic E-state index is 0.562. The Bertz CT molecular complexity index is 886. The molecule has 0 aliphatic carbocycles. The van der Waals surface area contributed by atoms with Crippen molar-refractivity contribution in [1.29, 1.82) is 0 Å². The van der Waals surface area contributed by atoms with E-state index in [1.165, 1.54) is 0 Å². The van der Waals surface area contributed by atoms with E-state index in [1.54, 1.807) is 7.05 Å². The standard InChI is InChI=1S/C19H21Cl2N5/c1-22-19(25(2)12-14-6-7-16(20)17(21)11-14)23-9-8-15-13-26-10-4-3-5-18(26)24-15/h3-7,10-11,13H,8-9,12H2,1-2H3,(H,22,23). The number of halogens is 2. The monoisotopic (exact) mass is 389 g/mol. The van der Waals surface area contributed by atoms with Crippen molar-refractivity contribution in [3.8, 4) is 0 Å². The SMILES string of the molecule is CN=C(NCCc1cn2ccccc2n1)N(C)Cc1ccc(Cl)c(Cl)c1. The molecule has 0 unspecified atom stereocenters. The number of fused-ring (bicyclic) bond motifs is 1.